The first kappa shape index (κ1) is 17.8. The van der Waals surface area contributed by atoms with Crippen molar-refractivity contribution >= 4 is 17.9 Å². The second-order valence-corrected chi connectivity index (χ2v) is 6.00. The molecule has 0 radical (unpaired) electrons. The van der Waals surface area contributed by atoms with Gasteiger partial charge in [-0.05, 0) is 42.5 Å². The molecular formula is C18H24N2O4. The van der Waals surface area contributed by atoms with Gasteiger partial charge in [-0.2, -0.15) is 0 Å². The molecule has 0 unspecified atom stereocenters. The number of hydrogen-bond acceptors (Lipinski definition) is 4. The number of carbonyl (C=O) groups excluding carboxylic acids is 2. The summed E-state index contributed by atoms with van der Waals surface area (Å²) in [7, 11) is 1.53. The van der Waals surface area contributed by atoms with E-state index < -0.39 is 5.91 Å². The predicted octanol–water partition coefficient (Wildman–Crippen LogP) is 1.83. The molecule has 1 aliphatic rings. The summed E-state index contributed by atoms with van der Waals surface area (Å²) in [6.45, 7) is 3.77. The van der Waals surface area contributed by atoms with Crippen LogP contribution in [0.2, 0.25) is 0 Å². The monoisotopic (exact) mass is 332 g/mol. The van der Waals surface area contributed by atoms with Crippen molar-refractivity contribution in [2.24, 2.45) is 11.7 Å². The fourth-order valence-corrected chi connectivity index (χ4v) is 2.57. The maximum absolute atomic E-state index is 12.2. The maximum Gasteiger partial charge on any atom is 0.260 e. The van der Waals surface area contributed by atoms with Gasteiger partial charge in [-0.25, -0.2) is 0 Å². The summed E-state index contributed by atoms with van der Waals surface area (Å²) in [6.07, 6.45) is 4.94. The maximum atomic E-state index is 12.2. The van der Waals surface area contributed by atoms with E-state index in [1.807, 2.05) is 4.90 Å². The lowest BCUT2D eigenvalue weighted by atomic mass is 9.99. The van der Waals surface area contributed by atoms with Crippen molar-refractivity contribution in [3.05, 3.63) is 29.8 Å². The Balaban J connectivity index is 1.96. The van der Waals surface area contributed by atoms with E-state index in [0.29, 0.717) is 17.4 Å². The van der Waals surface area contributed by atoms with Crippen molar-refractivity contribution in [2.45, 2.75) is 19.8 Å². The largest absolute Gasteiger partial charge is 0.493 e. The SMILES string of the molecule is COc1cc(/C=C\C(N)=O)ccc1OCC(=O)N1CCC(C)CC1. The lowest BCUT2D eigenvalue weighted by Crippen LogP contribution is -2.40. The third kappa shape index (κ3) is 5.01. The molecule has 6 heteroatoms. The first-order valence-corrected chi connectivity index (χ1v) is 8.05. The van der Waals surface area contributed by atoms with Crippen molar-refractivity contribution in [2.75, 3.05) is 26.8 Å². The Morgan fingerprint density at radius 1 is 1.29 bits per heavy atom. The van der Waals surface area contributed by atoms with Crippen LogP contribution in [0, 0.1) is 5.92 Å². The Morgan fingerprint density at radius 2 is 2.00 bits per heavy atom. The Hall–Kier alpha value is -2.50. The number of methoxy groups -OCH3 is 1. The van der Waals surface area contributed by atoms with Gasteiger partial charge in [0.15, 0.2) is 18.1 Å². The van der Waals surface area contributed by atoms with E-state index in [1.165, 1.54) is 13.2 Å². The highest BCUT2D eigenvalue weighted by Crippen LogP contribution is 2.28. The molecule has 2 N–H and O–H groups in total. The van der Waals surface area contributed by atoms with E-state index in [0.717, 1.165) is 31.5 Å². The molecule has 24 heavy (non-hydrogen) atoms. The number of amides is 2. The topological polar surface area (TPSA) is 81.9 Å². The minimum absolute atomic E-state index is 0.0124. The molecule has 0 spiro atoms. The minimum Gasteiger partial charge on any atom is -0.493 e. The van der Waals surface area contributed by atoms with Gasteiger partial charge in [-0.1, -0.05) is 13.0 Å². The second-order valence-electron chi connectivity index (χ2n) is 6.00. The lowest BCUT2D eigenvalue weighted by molar-refractivity contribution is -0.134. The van der Waals surface area contributed by atoms with Gasteiger partial charge in [-0.15, -0.1) is 0 Å². The second kappa shape index (κ2) is 8.38. The Kier molecular flexibility index (Phi) is 6.23. The van der Waals surface area contributed by atoms with Gasteiger partial charge in [0.25, 0.3) is 5.91 Å². The van der Waals surface area contributed by atoms with Crippen LogP contribution in [0.1, 0.15) is 25.3 Å². The molecule has 6 nitrogen and oxygen atoms in total. The van der Waals surface area contributed by atoms with Gasteiger partial charge >= 0.3 is 0 Å². The van der Waals surface area contributed by atoms with Crippen molar-refractivity contribution in [1.82, 2.24) is 4.90 Å². The molecule has 2 amide bonds. The number of nitrogens with zero attached hydrogens (tertiary/aromatic N) is 1. The van der Waals surface area contributed by atoms with Crippen molar-refractivity contribution in [1.29, 1.82) is 0 Å². The van der Waals surface area contributed by atoms with E-state index in [-0.39, 0.29) is 12.5 Å². The minimum atomic E-state index is -0.518. The summed E-state index contributed by atoms with van der Waals surface area (Å²) in [5.74, 6) is 1.14. The lowest BCUT2D eigenvalue weighted by Gasteiger charge is -2.30. The van der Waals surface area contributed by atoms with Crippen molar-refractivity contribution in [3.8, 4) is 11.5 Å². The number of primary amides is 1. The van der Waals surface area contributed by atoms with E-state index in [9.17, 15) is 9.59 Å². The zero-order valence-corrected chi connectivity index (χ0v) is 14.2. The molecule has 1 aliphatic heterocycles. The van der Waals surface area contributed by atoms with E-state index in [2.05, 4.69) is 6.92 Å². The zero-order valence-electron chi connectivity index (χ0n) is 14.2. The van der Waals surface area contributed by atoms with Crippen LogP contribution in [-0.2, 0) is 9.59 Å². The number of carbonyl (C=O) groups is 2. The highest BCUT2D eigenvalue weighted by Gasteiger charge is 2.20. The Morgan fingerprint density at radius 3 is 2.62 bits per heavy atom. The van der Waals surface area contributed by atoms with Crippen molar-refractivity contribution in [3.63, 3.8) is 0 Å². The standard InChI is InChI=1S/C18H24N2O4/c1-13-7-9-20(10-8-13)18(22)12-24-15-5-3-14(4-6-17(19)21)11-16(15)23-2/h3-6,11,13H,7-10,12H2,1-2H3,(H2,19,21)/b6-4-. The molecule has 0 aliphatic carbocycles. The Labute approximate surface area is 142 Å². The van der Waals surface area contributed by atoms with Crippen LogP contribution < -0.4 is 15.2 Å². The molecule has 1 fully saturated rings. The average molecular weight is 332 g/mol. The number of ether oxygens (including phenoxy) is 2. The third-order valence-corrected chi connectivity index (χ3v) is 4.12. The summed E-state index contributed by atoms with van der Waals surface area (Å²) >= 11 is 0. The van der Waals surface area contributed by atoms with Crippen molar-refractivity contribution < 1.29 is 19.1 Å². The normalized spacial score (nSPS) is 15.5. The fraction of sp³-hybridized carbons (Fsp3) is 0.444. The predicted molar refractivity (Wildman–Crippen MR) is 91.7 cm³/mol. The molecule has 0 aromatic heterocycles. The van der Waals surface area contributed by atoms with Gasteiger partial charge in [0.05, 0.1) is 7.11 Å². The van der Waals surface area contributed by atoms with E-state index in [4.69, 9.17) is 15.2 Å². The molecule has 0 atom stereocenters. The number of nitrogens with two attached hydrogens (primary N) is 1. The third-order valence-electron chi connectivity index (χ3n) is 4.12. The number of likely N-dealkylation sites (tertiary alicyclic amines) is 1. The smallest absolute Gasteiger partial charge is 0.260 e. The first-order valence-electron chi connectivity index (χ1n) is 8.05. The van der Waals surface area contributed by atoms with Gasteiger partial charge < -0.3 is 20.1 Å². The Bertz CT molecular complexity index is 619. The molecule has 1 aromatic rings. The summed E-state index contributed by atoms with van der Waals surface area (Å²) in [4.78, 5) is 24.8. The van der Waals surface area contributed by atoms with Gasteiger partial charge in [0.1, 0.15) is 0 Å². The number of piperidine rings is 1. The van der Waals surface area contributed by atoms with Crippen LogP contribution >= 0.6 is 0 Å². The quantitative estimate of drug-likeness (QED) is 0.806. The molecule has 1 aromatic carbocycles. The summed E-state index contributed by atoms with van der Waals surface area (Å²) in [5.41, 5.74) is 5.84. The molecular weight excluding hydrogens is 308 g/mol. The summed E-state index contributed by atoms with van der Waals surface area (Å²) in [5, 5.41) is 0. The average Bonchev–Trinajstić information content (AvgIpc) is 2.58. The van der Waals surface area contributed by atoms with Crippen LogP contribution in [0.3, 0.4) is 0 Å². The van der Waals surface area contributed by atoms with Crippen LogP contribution in [0.15, 0.2) is 24.3 Å². The highest BCUT2D eigenvalue weighted by atomic mass is 16.5. The molecule has 2 rings (SSSR count). The molecule has 1 heterocycles. The van der Waals surface area contributed by atoms with E-state index >= 15 is 0 Å². The summed E-state index contributed by atoms with van der Waals surface area (Å²) < 4.78 is 10.9. The van der Waals surface area contributed by atoms with E-state index in [1.54, 1.807) is 24.3 Å². The number of rotatable bonds is 6. The van der Waals surface area contributed by atoms with Gasteiger partial charge in [-0.3, -0.25) is 9.59 Å². The molecule has 0 bridgehead atoms. The first-order chi connectivity index (χ1) is 11.5. The number of benzene rings is 1. The van der Waals surface area contributed by atoms with Crippen LogP contribution in [0.4, 0.5) is 0 Å². The van der Waals surface area contributed by atoms with Crippen LogP contribution in [0.5, 0.6) is 11.5 Å². The number of hydrogen-bond donors (Lipinski definition) is 1. The van der Waals surface area contributed by atoms with Gasteiger partial charge in [0, 0.05) is 19.2 Å². The van der Waals surface area contributed by atoms with Crippen LogP contribution in [-0.4, -0.2) is 43.5 Å². The molecule has 130 valence electrons. The van der Waals surface area contributed by atoms with Crippen LogP contribution in [0.25, 0.3) is 6.08 Å². The molecule has 1 saturated heterocycles. The zero-order chi connectivity index (χ0) is 17.5. The van der Waals surface area contributed by atoms with Gasteiger partial charge in [0.2, 0.25) is 5.91 Å². The highest BCUT2D eigenvalue weighted by molar-refractivity contribution is 5.90. The summed E-state index contributed by atoms with van der Waals surface area (Å²) in [6, 6.07) is 5.21. The fourth-order valence-electron chi connectivity index (χ4n) is 2.57. The molecule has 0 saturated carbocycles.